The molecule has 1 rings (SSSR count). The van der Waals surface area contributed by atoms with E-state index in [-0.39, 0.29) is 5.41 Å². The van der Waals surface area contributed by atoms with Crippen LogP contribution in [-0.4, -0.2) is 12.6 Å². The summed E-state index contributed by atoms with van der Waals surface area (Å²) in [5.41, 5.74) is 2.64. The summed E-state index contributed by atoms with van der Waals surface area (Å²) in [6, 6.07) is 10.7. The van der Waals surface area contributed by atoms with E-state index in [9.17, 15) is 0 Å². The second-order valence-corrected chi connectivity index (χ2v) is 7.03. The summed E-state index contributed by atoms with van der Waals surface area (Å²) in [4.78, 5) is 5.21. The maximum Gasteiger partial charge on any atom is 0.279 e. The van der Waals surface area contributed by atoms with Crippen molar-refractivity contribution in [3.8, 4) is 0 Å². The molecule has 0 aliphatic heterocycles. The summed E-state index contributed by atoms with van der Waals surface area (Å²) >= 11 is 0. The van der Waals surface area contributed by atoms with Crippen LogP contribution in [0, 0.1) is 5.41 Å². The third-order valence-electron chi connectivity index (χ3n) is 3.85. The molecule has 0 unspecified atom stereocenters. The molecule has 1 nitrogen and oxygen atoms in total. The number of nitrogens with zero attached hydrogens (tertiary/aromatic N) is 1. The van der Waals surface area contributed by atoms with Crippen molar-refractivity contribution in [3.05, 3.63) is 35.9 Å². The second-order valence-electron chi connectivity index (χ2n) is 7.03. The van der Waals surface area contributed by atoms with Crippen molar-refractivity contribution >= 4 is 12.6 Å². The Morgan fingerprint density at radius 1 is 0.952 bits per heavy atom. The summed E-state index contributed by atoms with van der Waals surface area (Å²) in [5.74, 6) is 0. The highest BCUT2D eigenvalue weighted by molar-refractivity contribution is 6.59. The smallest absolute Gasteiger partial charge is 0.279 e. The molecule has 0 amide bonds. The normalized spacial score (nSPS) is 12.5. The fraction of sp³-hybridized carbons (Fsp3) is 0.632. The third kappa shape index (κ3) is 6.50. The van der Waals surface area contributed by atoms with Crippen molar-refractivity contribution in [1.29, 1.82) is 0 Å². The average Bonchev–Trinajstić information content (AvgIpc) is 2.46. The van der Waals surface area contributed by atoms with E-state index in [4.69, 9.17) is 4.90 Å². The Morgan fingerprint density at radius 3 is 1.90 bits per heavy atom. The summed E-state index contributed by atoms with van der Waals surface area (Å²) in [5, 5.41) is 0. The van der Waals surface area contributed by atoms with Gasteiger partial charge in [0.25, 0.3) is 6.85 Å². The fourth-order valence-corrected chi connectivity index (χ4v) is 2.63. The zero-order valence-corrected chi connectivity index (χ0v) is 14.7. The molecule has 0 heterocycles. The van der Waals surface area contributed by atoms with Gasteiger partial charge in [-0.15, -0.1) is 0 Å². The van der Waals surface area contributed by atoms with E-state index in [1.807, 2.05) is 0 Å². The molecule has 116 valence electrons. The highest BCUT2D eigenvalue weighted by Crippen LogP contribution is 2.24. The molecular formula is C19H32BN. The first-order valence-corrected chi connectivity index (χ1v) is 8.62. The molecule has 0 saturated heterocycles. The lowest BCUT2D eigenvalue weighted by Crippen LogP contribution is -2.25. The van der Waals surface area contributed by atoms with Crippen molar-refractivity contribution in [2.75, 3.05) is 0 Å². The lowest BCUT2D eigenvalue weighted by Gasteiger charge is -2.24. The lowest BCUT2D eigenvalue weighted by molar-refractivity contribution is 0.593. The van der Waals surface area contributed by atoms with Crippen LogP contribution in [0.25, 0.3) is 0 Å². The Labute approximate surface area is 132 Å². The minimum absolute atomic E-state index is 0.0953. The van der Waals surface area contributed by atoms with Crippen molar-refractivity contribution in [3.63, 3.8) is 0 Å². The maximum absolute atomic E-state index is 5.21. The van der Waals surface area contributed by atoms with Crippen molar-refractivity contribution < 1.29 is 0 Å². The van der Waals surface area contributed by atoms with Gasteiger partial charge in [0.1, 0.15) is 0 Å². The molecule has 1 aromatic rings. The number of hydrogen-bond acceptors (Lipinski definition) is 1. The van der Waals surface area contributed by atoms with E-state index < -0.39 is 0 Å². The largest absolute Gasteiger partial charge is 0.345 e. The summed E-state index contributed by atoms with van der Waals surface area (Å²) < 4.78 is 0. The van der Waals surface area contributed by atoms with Crippen LogP contribution in [0.1, 0.15) is 65.9 Å². The predicted molar refractivity (Wildman–Crippen MR) is 97.6 cm³/mol. The van der Waals surface area contributed by atoms with Gasteiger partial charge in [-0.3, -0.25) is 0 Å². The molecule has 0 bridgehead atoms. The SMILES string of the molecule is CCCCB(CCCC)N=C(c1ccccc1)C(C)(C)C. The van der Waals surface area contributed by atoms with Gasteiger partial charge in [-0.1, -0.05) is 103 Å². The van der Waals surface area contributed by atoms with E-state index in [2.05, 4.69) is 65.0 Å². The van der Waals surface area contributed by atoms with E-state index in [0.717, 1.165) is 0 Å². The van der Waals surface area contributed by atoms with E-state index >= 15 is 0 Å². The molecular weight excluding hydrogens is 253 g/mol. The third-order valence-corrected chi connectivity index (χ3v) is 3.85. The minimum Gasteiger partial charge on any atom is -0.345 e. The molecule has 21 heavy (non-hydrogen) atoms. The second kappa shape index (κ2) is 9.07. The van der Waals surface area contributed by atoms with Crippen LogP contribution in [-0.2, 0) is 0 Å². The van der Waals surface area contributed by atoms with Crippen LogP contribution in [0.3, 0.4) is 0 Å². The van der Waals surface area contributed by atoms with E-state index in [0.29, 0.717) is 6.85 Å². The van der Waals surface area contributed by atoms with E-state index in [1.165, 1.54) is 49.6 Å². The highest BCUT2D eigenvalue weighted by atomic mass is 14.7. The van der Waals surface area contributed by atoms with Gasteiger partial charge >= 0.3 is 0 Å². The van der Waals surface area contributed by atoms with Gasteiger partial charge < -0.3 is 4.90 Å². The lowest BCUT2D eigenvalue weighted by atomic mass is 9.54. The van der Waals surface area contributed by atoms with Crippen LogP contribution in [0.5, 0.6) is 0 Å². The first kappa shape index (κ1) is 18.0. The van der Waals surface area contributed by atoms with Gasteiger partial charge in [0.15, 0.2) is 0 Å². The number of rotatable bonds is 8. The van der Waals surface area contributed by atoms with Crippen molar-refractivity contribution in [1.82, 2.24) is 0 Å². The molecule has 0 atom stereocenters. The highest BCUT2D eigenvalue weighted by Gasteiger charge is 2.23. The number of benzene rings is 1. The molecule has 2 heteroatoms. The first-order chi connectivity index (χ1) is 9.99. The molecule has 0 saturated carbocycles. The Bertz CT molecular complexity index is 409. The Morgan fingerprint density at radius 2 is 1.48 bits per heavy atom. The summed E-state index contributed by atoms with van der Waals surface area (Å²) in [6.07, 6.45) is 7.53. The van der Waals surface area contributed by atoms with Crippen LogP contribution in [0.2, 0.25) is 12.6 Å². The topological polar surface area (TPSA) is 12.4 Å². The van der Waals surface area contributed by atoms with Gasteiger partial charge in [0.2, 0.25) is 0 Å². The summed E-state index contributed by atoms with van der Waals surface area (Å²) in [6.45, 7) is 11.8. The van der Waals surface area contributed by atoms with Gasteiger partial charge in [0, 0.05) is 11.1 Å². The Hall–Kier alpha value is -1.05. The fourth-order valence-electron chi connectivity index (χ4n) is 2.63. The first-order valence-electron chi connectivity index (χ1n) is 8.62. The predicted octanol–water partition coefficient (Wildman–Crippen LogP) is 6.11. The Balaban J connectivity index is 3.02. The van der Waals surface area contributed by atoms with Crippen molar-refractivity contribution in [2.45, 2.75) is 72.9 Å². The zero-order valence-electron chi connectivity index (χ0n) is 14.7. The molecule has 0 aliphatic rings. The zero-order chi connectivity index (χ0) is 15.7. The Kier molecular flexibility index (Phi) is 7.78. The van der Waals surface area contributed by atoms with Crippen LogP contribution >= 0.6 is 0 Å². The molecule has 1 aromatic carbocycles. The minimum atomic E-state index is 0.0953. The van der Waals surface area contributed by atoms with Crippen molar-refractivity contribution in [2.24, 2.45) is 10.3 Å². The maximum atomic E-state index is 5.21. The molecule has 0 aromatic heterocycles. The molecule has 0 fully saturated rings. The van der Waals surface area contributed by atoms with Crippen LogP contribution in [0.4, 0.5) is 0 Å². The quantitative estimate of drug-likeness (QED) is 0.403. The number of unbranched alkanes of at least 4 members (excludes halogenated alkanes) is 2. The van der Waals surface area contributed by atoms with Gasteiger partial charge in [-0.25, -0.2) is 0 Å². The summed E-state index contributed by atoms with van der Waals surface area (Å²) in [7, 11) is 0. The standard InChI is InChI=1S/C19H32BN/c1-6-8-15-20(16-9-7-2)21-18(19(3,4)5)17-13-11-10-12-14-17/h10-14H,6-9,15-16H2,1-5H3. The van der Waals surface area contributed by atoms with Gasteiger partial charge in [-0.2, -0.15) is 0 Å². The average molecular weight is 285 g/mol. The van der Waals surface area contributed by atoms with Crippen LogP contribution in [0.15, 0.2) is 35.2 Å². The molecule has 0 spiro atoms. The monoisotopic (exact) mass is 285 g/mol. The van der Waals surface area contributed by atoms with Gasteiger partial charge in [0.05, 0.1) is 0 Å². The van der Waals surface area contributed by atoms with Crippen LogP contribution < -0.4 is 0 Å². The number of hydrogen-bond donors (Lipinski definition) is 0. The van der Waals surface area contributed by atoms with E-state index in [1.54, 1.807) is 0 Å². The molecule has 0 N–H and O–H groups in total. The molecule has 0 aliphatic carbocycles. The van der Waals surface area contributed by atoms with Gasteiger partial charge in [-0.05, 0) is 5.56 Å². The molecule has 0 radical (unpaired) electrons.